The van der Waals surface area contributed by atoms with E-state index in [1.165, 1.54) is 0 Å². The van der Waals surface area contributed by atoms with Crippen LogP contribution < -0.4 is 16.0 Å². The summed E-state index contributed by atoms with van der Waals surface area (Å²) in [4.78, 5) is 16.8. The average molecular weight is 446 g/mol. The number of hydrogen-bond donors (Lipinski definition) is 2. The van der Waals surface area contributed by atoms with Crippen LogP contribution in [-0.2, 0) is 6.54 Å². The van der Waals surface area contributed by atoms with E-state index in [2.05, 4.69) is 50.8 Å². The van der Waals surface area contributed by atoms with Crippen molar-refractivity contribution in [3.8, 4) is 5.69 Å². The normalized spacial score (nSPS) is 15.0. The number of piperidine rings is 1. The van der Waals surface area contributed by atoms with Crippen molar-refractivity contribution in [3.63, 3.8) is 0 Å². The topological polar surface area (TPSA) is 103 Å². The third-order valence-corrected chi connectivity index (χ3v) is 6.39. The van der Waals surface area contributed by atoms with Crippen molar-refractivity contribution >= 4 is 22.9 Å². The summed E-state index contributed by atoms with van der Waals surface area (Å²) in [5.74, 6) is 2.09. The van der Waals surface area contributed by atoms with Crippen molar-refractivity contribution in [2.75, 3.05) is 29.9 Å². The zero-order chi connectivity index (χ0) is 22.8. The van der Waals surface area contributed by atoms with E-state index in [-0.39, 0.29) is 6.04 Å². The second-order valence-electron chi connectivity index (χ2n) is 8.89. The maximum atomic E-state index is 5.89. The van der Waals surface area contributed by atoms with E-state index in [1.54, 1.807) is 6.20 Å². The zero-order valence-electron chi connectivity index (χ0n) is 19.2. The molecule has 0 spiro atoms. The van der Waals surface area contributed by atoms with E-state index >= 15 is 0 Å². The molecule has 0 radical (unpaired) electrons. The first kappa shape index (κ1) is 21.4. The van der Waals surface area contributed by atoms with Gasteiger partial charge in [0.1, 0.15) is 0 Å². The Morgan fingerprint density at radius 1 is 1.12 bits per heavy atom. The van der Waals surface area contributed by atoms with Gasteiger partial charge in [0.05, 0.1) is 12.0 Å². The monoisotopic (exact) mass is 445 g/mol. The molecule has 9 nitrogen and oxygen atoms in total. The fourth-order valence-electron chi connectivity index (χ4n) is 4.39. The maximum absolute atomic E-state index is 5.89. The van der Waals surface area contributed by atoms with Crippen LogP contribution in [0.15, 0.2) is 49.1 Å². The molecule has 1 aliphatic rings. The molecule has 172 valence electrons. The zero-order valence-corrected chi connectivity index (χ0v) is 19.2. The minimum atomic E-state index is 0.258. The molecule has 33 heavy (non-hydrogen) atoms. The highest BCUT2D eigenvalue weighted by Gasteiger charge is 2.23. The molecule has 4 heterocycles. The Kier molecular flexibility index (Phi) is 5.95. The summed E-state index contributed by atoms with van der Waals surface area (Å²) in [6.07, 6.45) is 7.74. The van der Waals surface area contributed by atoms with Gasteiger partial charge in [-0.3, -0.25) is 0 Å². The van der Waals surface area contributed by atoms with E-state index in [0.29, 0.717) is 12.5 Å². The van der Waals surface area contributed by atoms with Crippen molar-refractivity contribution in [1.82, 2.24) is 29.3 Å². The van der Waals surface area contributed by atoms with Gasteiger partial charge in [-0.2, -0.15) is 15.1 Å². The maximum Gasteiger partial charge on any atom is 0.229 e. The first-order valence-corrected chi connectivity index (χ1v) is 11.7. The summed E-state index contributed by atoms with van der Waals surface area (Å²) in [5.41, 5.74) is 9.71. The highest BCUT2D eigenvalue weighted by Crippen LogP contribution is 2.28. The number of imidazole rings is 1. The molecule has 0 aliphatic carbocycles. The number of nitrogens with zero attached hydrogens (tertiary/aromatic N) is 7. The van der Waals surface area contributed by atoms with Crippen molar-refractivity contribution in [3.05, 3.63) is 54.6 Å². The molecular formula is C24H31N9. The summed E-state index contributed by atoms with van der Waals surface area (Å²) < 4.78 is 3.99. The SMILES string of the molecule is CC(C)n1cnc2c(NCc3ccccc3-n3cccn3)nc(N3CCC(CN)CC3)nc21. The Labute approximate surface area is 193 Å². The number of hydrogen-bond acceptors (Lipinski definition) is 7. The van der Waals surface area contributed by atoms with Gasteiger partial charge in [-0.05, 0) is 56.8 Å². The number of rotatable bonds is 7. The van der Waals surface area contributed by atoms with Gasteiger partial charge in [0.25, 0.3) is 0 Å². The van der Waals surface area contributed by atoms with Crippen molar-refractivity contribution < 1.29 is 0 Å². The molecule has 1 saturated heterocycles. The quantitative estimate of drug-likeness (QED) is 0.449. The van der Waals surface area contributed by atoms with E-state index in [9.17, 15) is 0 Å². The van der Waals surface area contributed by atoms with Crippen LogP contribution in [0, 0.1) is 5.92 Å². The van der Waals surface area contributed by atoms with Crippen molar-refractivity contribution in [2.45, 2.75) is 39.3 Å². The van der Waals surface area contributed by atoms with Gasteiger partial charge in [0.15, 0.2) is 17.0 Å². The van der Waals surface area contributed by atoms with E-state index in [1.807, 2.05) is 35.4 Å². The first-order valence-electron chi connectivity index (χ1n) is 11.7. The molecule has 0 unspecified atom stereocenters. The van der Waals surface area contributed by atoms with Crippen LogP contribution in [-0.4, -0.2) is 48.9 Å². The Hall–Kier alpha value is -3.46. The Bertz CT molecular complexity index is 1200. The summed E-state index contributed by atoms with van der Waals surface area (Å²) in [5, 5.41) is 7.94. The molecule has 1 fully saturated rings. The minimum absolute atomic E-state index is 0.258. The van der Waals surface area contributed by atoms with Crippen LogP contribution in [0.1, 0.15) is 38.3 Å². The highest BCUT2D eigenvalue weighted by atomic mass is 15.3. The lowest BCUT2D eigenvalue weighted by Crippen LogP contribution is -2.37. The lowest BCUT2D eigenvalue weighted by Gasteiger charge is -2.31. The van der Waals surface area contributed by atoms with Crippen LogP contribution in [0.4, 0.5) is 11.8 Å². The lowest BCUT2D eigenvalue weighted by molar-refractivity contribution is 0.411. The second kappa shape index (κ2) is 9.19. The molecule has 0 bridgehead atoms. The van der Waals surface area contributed by atoms with Crippen LogP contribution >= 0.6 is 0 Å². The Morgan fingerprint density at radius 2 is 1.94 bits per heavy atom. The Morgan fingerprint density at radius 3 is 2.67 bits per heavy atom. The summed E-state index contributed by atoms with van der Waals surface area (Å²) in [6, 6.07) is 10.4. The lowest BCUT2D eigenvalue weighted by atomic mass is 9.97. The molecule has 1 aromatic carbocycles. The van der Waals surface area contributed by atoms with Crippen LogP contribution in [0.5, 0.6) is 0 Å². The van der Waals surface area contributed by atoms with Gasteiger partial charge < -0.3 is 20.5 Å². The highest BCUT2D eigenvalue weighted by molar-refractivity contribution is 5.84. The van der Waals surface area contributed by atoms with E-state index in [0.717, 1.165) is 66.7 Å². The molecule has 0 amide bonds. The third-order valence-electron chi connectivity index (χ3n) is 6.39. The average Bonchev–Trinajstić information content (AvgIpc) is 3.53. The molecule has 0 atom stereocenters. The first-order chi connectivity index (χ1) is 16.1. The standard InChI is InChI=1S/C24H31N9/c1-17(2)32-16-27-21-22(26-15-19-6-3-4-7-20(19)33-11-5-10-28-33)29-24(30-23(21)32)31-12-8-18(14-25)9-13-31/h3-7,10-11,16-18H,8-9,12-15,25H2,1-2H3,(H,26,29,30). The van der Waals surface area contributed by atoms with Crippen molar-refractivity contribution in [1.29, 1.82) is 0 Å². The van der Waals surface area contributed by atoms with Crippen LogP contribution in [0.2, 0.25) is 0 Å². The summed E-state index contributed by atoms with van der Waals surface area (Å²) in [6.45, 7) is 7.48. The molecule has 3 N–H and O–H groups in total. The van der Waals surface area contributed by atoms with Crippen molar-refractivity contribution in [2.24, 2.45) is 11.7 Å². The van der Waals surface area contributed by atoms with Gasteiger partial charge in [-0.1, -0.05) is 18.2 Å². The third kappa shape index (κ3) is 4.28. The predicted octanol–water partition coefficient (Wildman–Crippen LogP) is 3.38. The van der Waals surface area contributed by atoms with Gasteiger partial charge in [0, 0.05) is 38.1 Å². The van der Waals surface area contributed by atoms with E-state index < -0.39 is 0 Å². The number of nitrogens with one attached hydrogen (secondary N) is 1. The molecule has 5 rings (SSSR count). The van der Waals surface area contributed by atoms with Gasteiger partial charge in [0.2, 0.25) is 5.95 Å². The molecule has 4 aromatic rings. The minimum Gasteiger partial charge on any atom is -0.364 e. The molecule has 1 aliphatic heterocycles. The van der Waals surface area contributed by atoms with E-state index in [4.69, 9.17) is 15.7 Å². The second-order valence-corrected chi connectivity index (χ2v) is 8.89. The number of benzene rings is 1. The number of aromatic nitrogens is 6. The number of fused-ring (bicyclic) bond motifs is 1. The van der Waals surface area contributed by atoms with Crippen LogP contribution in [0.25, 0.3) is 16.9 Å². The largest absolute Gasteiger partial charge is 0.364 e. The summed E-state index contributed by atoms with van der Waals surface area (Å²) in [7, 11) is 0. The summed E-state index contributed by atoms with van der Waals surface area (Å²) >= 11 is 0. The van der Waals surface area contributed by atoms with Gasteiger partial charge >= 0.3 is 0 Å². The molecule has 9 heteroatoms. The van der Waals surface area contributed by atoms with Crippen LogP contribution in [0.3, 0.4) is 0 Å². The number of anilines is 2. The molecular weight excluding hydrogens is 414 g/mol. The Balaban J connectivity index is 1.48. The fraction of sp³-hybridized carbons (Fsp3) is 0.417. The number of nitrogens with two attached hydrogens (primary N) is 1. The smallest absolute Gasteiger partial charge is 0.229 e. The number of para-hydroxylation sites is 1. The predicted molar refractivity (Wildman–Crippen MR) is 131 cm³/mol. The molecule has 3 aromatic heterocycles. The fourth-order valence-corrected chi connectivity index (χ4v) is 4.39. The molecule has 0 saturated carbocycles. The van der Waals surface area contributed by atoms with Gasteiger partial charge in [-0.15, -0.1) is 0 Å². The van der Waals surface area contributed by atoms with Gasteiger partial charge in [-0.25, -0.2) is 9.67 Å².